The molecule has 1 aliphatic rings. The van der Waals surface area contributed by atoms with Gasteiger partial charge in [-0.3, -0.25) is 10.2 Å². The van der Waals surface area contributed by atoms with Crippen molar-refractivity contribution in [1.29, 1.82) is 0 Å². The minimum absolute atomic E-state index is 0.0207. The van der Waals surface area contributed by atoms with Crippen LogP contribution in [0.25, 0.3) is 10.4 Å². The summed E-state index contributed by atoms with van der Waals surface area (Å²) in [7, 11) is 0. The Morgan fingerprint density at radius 1 is 1.15 bits per heavy atom. The Morgan fingerprint density at radius 2 is 1.92 bits per heavy atom. The molecule has 39 heavy (non-hydrogen) atoms. The number of carbonyl (C=O) groups is 1. The van der Waals surface area contributed by atoms with Crippen LogP contribution in [-0.2, 0) is 22.4 Å². The molecular formula is C28H29FN6O4. The van der Waals surface area contributed by atoms with E-state index >= 15 is 0 Å². The molecule has 10 nitrogen and oxygen atoms in total. The third kappa shape index (κ3) is 7.32. The lowest BCUT2D eigenvalue weighted by Gasteiger charge is -2.24. The Bertz CT molecular complexity index is 1340. The first-order valence-corrected chi connectivity index (χ1v) is 12.5. The molecule has 1 aliphatic heterocycles. The molecule has 0 spiro atoms. The van der Waals surface area contributed by atoms with Crippen molar-refractivity contribution >= 4 is 17.5 Å². The molecule has 0 radical (unpaired) electrons. The van der Waals surface area contributed by atoms with Gasteiger partial charge in [-0.25, -0.2) is 14.8 Å². The maximum atomic E-state index is 13.5. The highest BCUT2D eigenvalue weighted by molar-refractivity contribution is 6.00. The van der Waals surface area contributed by atoms with E-state index in [9.17, 15) is 9.18 Å². The molecule has 0 saturated carbocycles. The Morgan fingerprint density at radius 3 is 2.67 bits per heavy atom. The molecule has 0 fully saturated rings. The normalized spacial score (nSPS) is 16.1. The number of rotatable bonds is 13. The number of hydrazine groups is 1. The SMILES string of the molecule is [N-]=[N+]=Nc1ccccc1C[C@@]1(C(=O)NNCCc2ccc(F)cc2)COC(c2ccc(OCCCO)cc2)=N1. The Labute approximate surface area is 225 Å². The lowest BCUT2D eigenvalue weighted by molar-refractivity contribution is -0.127. The van der Waals surface area contributed by atoms with Gasteiger partial charge in [0, 0.05) is 42.2 Å². The van der Waals surface area contributed by atoms with Crippen LogP contribution < -0.4 is 15.6 Å². The van der Waals surface area contributed by atoms with Crippen molar-refractivity contribution in [2.75, 3.05) is 26.4 Å². The van der Waals surface area contributed by atoms with Crippen LogP contribution in [0.4, 0.5) is 10.1 Å². The molecule has 202 valence electrons. The van der Waals surface area contributed by atoms with Crippen LogP contribution in [0.5, 0.6) is 5.75 Å². The van der Waals surface area contributed by atoms with Crippen molar-refractivity contribution in [3.8, 4) is 5.75 Å². The van der Waals surface area contributed by atoms with E-state index in [-0.39, 0.29) is 25.5 Å². The molecule has 0 aliphatic carbocycles. The highest BCUT2D eigenvalue weighted by Gasteiger charge is 2.45. The van der Waals surface area contributed by atoms with Gasteiger partial charge in [-0.05, 0) is 59.5 Å². The van der Waals surface area contributed by atoms with Gasteiger partial charge in [-0.15, -0.1) is 0 Å². The van der Waals surface area contributed by atoms with Gasteiger partial charge in [0.05, 0.1) is 6.61 Å². The van der Waals surface area contributed by atoms with E-state index in [0.717, 1.165) is 5.56 Å². The van der Waals surface area contributed by atoms with Crippen molar-refractivity contribution in [3.63, 3.8) is 0 Å². The second-order valence-electron chi connectivity index (χ2n) is 8.94. The van der Waals surface area contributed by atoms with Gasteiger partial charge in [0.1, 0.15) is 18.2 Å². The van der Waals surface area contributed by atoms with Crippen LogP contribution in [-0.4, -0.2) is 48.8 Å². The molecule has 0 saturated heterocycles. The van der Waals surface area contributed by atoms with E-state index in [2.05, 4.69) is 20.9 Å². The van der Waals surface area contributed by atoms with E-state index < -0.39 is 11.4 Å². The van der Waals surface area contributed by atoms with Gasteiger partial charge in [-0.1, -0.05) is 41.5 Å². The average molecular weight is 533 g/mol. The van der Waals surface area contributed by atoms with Crippen LogP contribution in [0.3, 0.4) is 0 Å². The predicted octanol–water partition coefficient (Wildman–Crippen LogP) is 4.15. The summed E-state index contributed by atoms with van der Waals surface area (Å²) in [6.45, 7) is 0.844. The van der Waals surface area contributed by atoms with Crippen LogP contribution in [0.2, 0.25) is 0 Å². The van der Waals surface area contributed by atoms with Gasteiger partial charge in [0.2, 0.25) is 5.90 Å². The smallest absolute Gasteiger partial charge is 0.266 e. The van der Waals surface area contributed by atoms with E-state index in [0.29, 0.717) is 54.5 Å². The number of nitrogens with one attached hydrogen (secondary N) is 2. The number of azide groups is 1. The largest absolute Gasteiger partial charge is 0.494 e. The molecule has 0 bridgehead atoms. The molecule has 3 N–H and O–H groups in total. The first-order valence-electron chi connectivity index (χ1n) is 12.5. The maximum Gasteiger partial charge on any atom is 0.266 e. The van der Waals surface area contributed by atoms with Gasteiger partial charge >= 0.3 is 0 Å². The molecule has 11 heteroatoms. The maximum absolute atomic E-state index is 13.5. The van der Waals surface area contributed by atoms with Crippen LogP contribution in [0.15, 0.2) is 82.9 Å². The summed E-state index contributed by atoms with van der Waals surface area (Å²) in [6, 6.07) is 20.3. The van der Waals surface area contributed by atoms with E-state index in [4.69, 9.17) is 25.1 Å². The van der Waals surface area contributed by atoms with Gasteiger partial charge in [0.25, 0.3) is 5.91 Å². The van der Waals surface area contributed by atoms with Crippen molar-refractivity contribution in [1.82, 2.24) is 10.9 Å². The minimum atomic E-state index is -1.32. The van der Waals surface area contributed by atoms with Crippen LogP contribution in [0.1, 0.15) is 23.1 Å². The Balaban J connectivity index is 1.52. The topological polar surface area (TPSA) is 141 Å². The Hall–Kier alpha value is -4.44. The molecule has 0 aromatic heterocycles. The summed E-state index contributed by atoms with van der Waals surface area (Å²) >= 11 is 0. The average Bonchev–Trinajstić information content (AvgIpc) is 3.39. The summed E-state index contributed by atoms with van der Waals surface area (Å²) in [5, 5.41) is 12.7. The number of halogens is 1. The lowest BCUT2D eigenvalue weighted by Crippen LogP contribution is -2.53. The molecule has 1 heterocycles. The van der Waals surface area contributed by atoms with Crippen molar-refractivity contribution in [3.05, 3.63) is 106 Å². The first kappa shape index (κ1) is 27.6. The fourth-order valence-electron chi connectivity index (χ4n) is 4.07. The number of ether oxygens (including phenoxy) is 2. The quantitative estimate of drug-likeness (QED) is 0.0997. The lowest BCUT2D eigenvalue weighted by atomic mass is 9.91. The highest BCUT2D eigenvalue weighted by Crippen LogP contribution is 2.31. The van der Waals surface area contributed by atoms with Gasteiger partial charge in [-0.2, -0.15) is 0 Å². The second-order valence-corrected chi connectivity index (χ2v) is 8.94. The zero-order valence-corrected chi connectivity index (χ0v) is 21.2. The highest BCUT2D eigenvalue weighted by atomic mass is 19.1. The van der Waals surface area contributed by atoms with Gasteiger partial charge in [0.15, 0.2) is 5.54 Å². The van der Waals surface area contributed by atoms with Gasteiger partial charge < -0.3 is 14.6 Å². The summed E-state index contributed by atoms with van der Waals surface area (Å²) < 4.78 is 24.7. The molecule has 3 aromatic carbocycles. The van der Waals surface area contributed by atoms with Crippen molar-refractivity contribution in [2.45, 2.75) is 24.8 Å². The summed E-state index contributed by atoms with van der Waals surface area (Å²) in [5.74, 6) is 0.237. The number of hydrogen-bond donors (Lipinski definition) is 3. The fourth-order valence-corrected chi connectivity index (χ4v) is 4.07. The van der Waals surface area contributed by atoms with E-state index in [1.54, 1.807) is 60.7 Å². The predicted molar refractivity (Wildman–Crippen MR) is 144 cm³/mol. The molecule has 4 rings (SSSR count). The number of nitrogens with zero attached hydrogens (tertiary/aromatic N) is 4. The summed E-state index contributed by atoms with van der Waals surface area (Å²) in [4.78, 5) is 21.1. The zero-order valence-electron chi connectivity index (χ0n) is 21.2. The minimum Gasteiger partial charge on any atom is -0.494 e. The van der Waals surface area contributed by atoms with Crippen molar-refractivity contribution in [2.24, 2.45) is 10.1 Å². The standard InChI is InChI=1S/C28H29FN6O4/c29-23-10-6-20(7-11-23)14-15-31-34-27(37)28(18-22-4-1-2-5-25(22)33-35-30)19-39-26(32-28)21-8-12-24(13-9-21)38-17-3-16-36/h1-2,4-13,31,36H,3,14-19H2,(H,34,37)/t28-/m0/s1. The van der Waals surface area contributed by atoms with Crippen molar-refractivity contribution < 1.29 is 23.8 Å². The molecule has 1 atom stereocenters. The number of benzene rings is 3. The van der Waals surface area contributed by atoms with Crippen LogP contribution in [0, 0.1) is 5.82 Å². The van der Waals surface area contributed by atoms with Crippen LogP contribution >= 0.6 is 0 Å². The third-order valence-corrected chi connectivity index (χ3v) is 6.14. The third-order valence-electron chi connectivity index (χ3n) is 6.14. The Kier molecular flexibility index (Phi) is 9.47. The summed E-state index contributed by atoms with van der Waals surface area (Å²) in [5.41, 5.74) is 16.0. The zero-order chi connectivity index (χ0) is 27.5. The summed E-state index contributed by atoms with van der Waals surface area (Å²) in [6.07, 6.45) is 1.25. The molecule has 3 aromatic rings. The number of hydrogen-bond acceptors (Lipinski definition) is 7. The van der Waals surface area contributed by atoms with E-state index in [1.807, 2.05) is 0 Å². The number of aliphatic hydroxyl groups excluding tert-OH is 1. The monoisotopic (exact) mass is 532 g/mol. The second kappa shape index (κ2) is 13.4. The first-order chi connectivity index (χ1) is 19.0. The number of aliphatic hydroxyl groups is 1. The molecule has 1 amide bonds. The van der Waals surface area contributed by atoms with E-state index in [1.165, 1.54) is 12.1 Å². The number of carbonyl (C=O) groups excluding carboxylic acids is 1. The number of aliphatic imine (C=N–C) groups is 1. The number of amides is 1. The molecular weight excluding hydrogens is 503 g/mol. The molecule has 0 unspecified atom stereocenters. The fraction of sp³-hybridized carbons (Fsp3) is 0.286.